The molecule has 142 valence electrons. The topological polar surface area (TPSA) is 59.8 Å². The van der Waals surface area contributed by atoms with Crippen LogP contribution in [-0.4, -0.2) is 32.0 Å². The molecule has 26 heavy (non-hydrogen) atoms. The average molecular weight is 415 g/mol. The van der Waals surface area contributed by atoms with Gasteiger partial charge >= 0.3 is 0 Å². The molecule has 0 spiro atoms. The first-order chi connectivity index (χ1) is 12.1. The minimum Gasteiger partial charge on any atom is -0.351 e. The lowest BCUT2D eigenvalue weighted by Gasteiger charge is -2.20. The Bertz CT molecular complexity index is 784. The van der Waals surface area contributed by atoms with Gasteiger partial charge in [-0.15, -0.1) is 10.2 Å². The number of halogens is 2. The maximum atomic E-state index is 12.1. The Kier molecular flexibility index (Phi) is 6.99. The standard InChI is InChI=1S/C18H24Cl2N4OS/c1-11(2)9-24-16(13-7-6-12(19)8-14(13)20)22-23-17(24)26-10-15(25)21-18(3,4)5/h6-8,11H,9-10H2,1-5H3,(H,21,25). The summed E-state index contributed by atoms with van der Waals surface area (Å²) in [5, 5.41) is 13.3. The fraction of sp³-hybridized carbons (Fsp3) is 0.500. The molecule has 0 aliphatic carbocycles. The first-order valence-electron chi connectivity index (χ1n) is 8.39. The molecule has 2 rings (SSSR count). The van der Waals surface area contributed by atoms with Crippen molar-refractivity contribution in [2.75, 3.05) is 5.75 Å². The van der Waals surface area contributed by atoms with Gasteiger partial charge in [-0.1, -0.05) is 48.8 Å². The van der Waals surface area contributed by atoms with Gasteiger partial charge in [-0.05, 0) is 44.9 Å². The van der Waals surface area contributed by atoms with Gasteiger partial charge in [-0.25, -0.2) is 0 Å². The number of carbonyl (C=O) groups is 1. The molecule has 1 aromatic heterocycles. The smallest absolute Gasteiger partial charge is 0.230 e. The summed E-state index contributed by atoms with van der Waals surface area (Å²) in [7, 11) is 0. The molecule has 0 fully saturated rings. The Morgan fingerprint density at radius 3 is 2.54 bits per heavy atom. The van der Waals surface area contributed by atoms with Crippen molar-refractivity contribution in [2.45, 2.75) is 51.9 Å². The van der Waals surface area contributed by atoms with Crippen LogP contribution < -0.4 is 5.32 Å². The maximum Gasteiger partial charge on any atom is 0.230 e. The number of amides is 1. The second-order valence-electron chi connectivity index (χ2n) is 7.52. The monoisotopic (exact) mass is 414 g/mol. The van der Waals surface area contributed by atoms with Crippen LogP contribution in [0.25, 0.3) is 11.4 Å². The summed E-state index contributed by atoms with van der Waals surface area (Å²) < 4.78 is 2.01. The highest BCUT2D eigenvalue weighted by atomic mass is 35.5. The third-order valence-electron chi connectivity index (χ3n) is 3.28. The van der Waals surface area contributed by atoms with Crippen molar-refractivity contribution in [1.82, 2.24) is 20.1 Å². The third kappa shape index (κ3) is 5.89. The van der Waals surface area contributed by atoms with Crippen molar-refractivity contribution in [2.24, 2.45) is 5.92 Å². The summed E-state index contributed by atoms with van der Waals surface area (Å²) in [5.41, 5.74) is 0.515. The van der Waals surface area contributed by atoms with E-state index in [1.165, 1.54) is 11.8 Å². The van der Waals surface area contributed by atoms with E-state index in [0.29, 0.717) is 26.9 Å². The van der Waals surface area contributed by atoms with Crippen LogP contribution in [0.2, 0.25) is 10.0 Å². The van der Waals surface area contributed by atoms with Crippen LogP contribution in [0.4, 0.5) is 0 Å². The Morgan fingerprint density at radius 2 is 1.96 bits per heavy atom. The molecule has 1 heterocycles. The van der Waals surface area contributed by atoms with E-state index < -0.39 is 0 Å². The van der Waals surface area contributed by atoms with E-state index in [9.17, 15) is 4.79 Å². The van der Waals surface area contributed by atoms with E-state index in [0.717, 1.165) is 12.1 Å². The molecule has 0 radical (unpaired) electrons. The molecule has 1 amide bonds. The number of nitrogens with zero attached hydrogens (tertiary/aromatic N) is 3. The molecule has 0 aliphatic rings. The Morgan fingerprint density at radius 1 is 1.27 bits per heavy atom. The number of hydrogen-bond donors (Lipinski definition) is 1. The van der Waals surface area contributed by atoms with Crippen LogP contribution in [0.1, 0.15) is 34.6 Å². The quantitative estimate of drug-likeness (QED) is 0.681. The van der Waals surface area contributed by atoms with Crippen LogP contribution in [-0.2, 0) is 11.3 Å². The van der Waals surface area contributed by atoms with E-state index in [-0.39, 0.29) is 17.2 Å². The molecule has 0 saturated carbocycles. The minimum absolute atomic E-state index is 0.0346. The Labute approximate surface area is 168 Å². The molecular formula is C18H24Cl2N4OS. The predicted octanol–water partition coefficient (Wildman–Crippen LogP) is 4.91. The van der Waals surface area contributed by atoms with E-state index in [1.807, 2.05) is 31.4 Å². The van der Waals surface area contributed by atoms with Crippen LogP contribution >= 0.6 is 35.0 Å². The maximum absolute atomic E-state index is 12.1. The molecule has 0 unspecified atom stereocenters. The summed E-state index contributed by atoms with van der Waals surface area (Å²) in [6, 6.07) is 5.31. The van der Waals surface area contributed by atoms with Gasteiger partial charge in [0, 0.05) is 22.7 Å². The van der Waals surface area contributed by atoms with Gasteiger partial charge in [0.15, 0.2) is 11.0 Å². The molecule has 2 aromatic rings. The van der Waals surface area contributed by atoms with Crippen molar-refractivity contribution < 1.29 is 4.79 Å². The average Bonchev–Trinajstić information content (AvgIpc) is 2.85. The first-order valence-corrected chi connectivity index (χ1v) is 10.1. The largest absolute Gasteiger partial charge is 0.351 e. The van der Waals surface area contributed by atoms with Gasteiger partial charge < -0.3 is 9.88 Å². The molecule has 8 heteroatoms. The van der Waals surface area contributed by atoms with Gasteiger partial charge in [0.1, 0.15) is 0 Å². The van der Waals surface area contributed by atoms with Crippen molar-refractivity contribution in [3.63, 3.8) is 0 Å². The van der Waals surface area contributed by atoms with E-state index >= 15 is 0 Å². The van der Waals surface area contributed by atoms with Crippen LogP contribution in [0, 0.1) is 5.92 Å². The van der Waals surface area contributed by atoms with Crippen molar-refractivity contribution in [1.29, 1.82) is 0 Å². The summed E-state index contributed by atoms with van der Waals surface area (Å²) in [4.78, 5) is 12.1. The summed E-state index contributed by atoms with van der Waals surface area (Å²) in [6.45, 7) is 10.8. The number of nitrogens with one attached hydrogen (secondary N) is 1. The number of carbonyl (C=O) groups excluding carboxylic acids is 1. The molecule has 1 aromatic carbocycles. The lowest BCUT2D eigenvalue weighted by Crippen LogP contribution is -2.41. The number of hydrogen-bond acceptors (Lipinski definition) is 4. The Balaban J connectivity index is 2.27. The van der Waals surface area contributed by atoms with Crippen LogP contribution in [0.5, 0.6) is 0 Å². The zero-order chi connectivity index (χ0) is 19.5. The molecule has 1 N–H and O–H groups in total. The highest BCUT2D eigenvalue weighted by molar-refractivity contribution is 7.99. The minimum atomic E-state index is -0.259. The van der Waals surface area contributed by atoms with Crippen LogP contribution in [0.15, 0.2) is 23.4 Å². The third-order valence-corrected chi connectivity index (χ3v) is 4.80. The number of rotatable bonds is 6. The molecule has 0 atom stereocenters. The molecule has 0 bridgehead atoms. The fourth-order valence-electron chi connectivity index (χ4n) is 2.38. The summed E-state index contributed by atoms with van der Waals surface area (Å²) in [5.74, 6) is 1.31. The molecule has 0 saturated heterocycles. The van der Waals surface area contributed by atoms with Crippen molar-refractivity contribution in [3.05, 3.63) is 28.2 Å². The zero-order valence-electron chi connectivity index (χ0n) is 15.6. The second kappa shape index (κ2) is 8.63. The van der Waals surface area contributed by atoms with Gasteiger partial charge in [0.2, 0.25) is 5.91 Å². The van der Waals surface area contributed by atoms with Crippen LogP contribution in [0.3, 0.4) is 0 Å². The number of benzene rings is 1. The highest BCUT2D eigenvalue weighted by Crippen LogP contribution is 2.32. The van der Waals surface area contributed by atoms with Gasteiger partial charge in [0.25, 0.3) is 0 Å². The molecular weight excluding hydrogens is 391 g/mol. The lowest BCUT2D eigenvalue weighted by atomic mass is 10.1. The van der Waals surface area contributed by atoms with Crippen molar-refractivity contribution >= 4 is 40.9 Å². The van der Waals surface area contributed by atoms with E-state index in [4.69, 9.17) is 23.2 Å². The zero-order valence-corrected chi connectivity index (χ0v) is 18.0. The molecule has 0 aliphatic heterocycles. The van der Waals surface area contributed by atoms with Crippen molar-refractivity contribution in [3.8, 4) is 11.4 Å². The summed E-state index contributed by atoms with van der Waals surface area (Å²) >= 11 is 13.7. The number of thioether (sulfide) groups is 1. The van der Waals surface area contributed by atoms with Gasteiger partial charge in [0.05, 0.1) is 10.8 Å². The molecule has 5 nitrogen and oxygen atoms in total. The lowest BCUT2D eigenvalue weighted by molar-refractivity contribution is -0.119. The summed E-state index contributed by atoms with van der Waals surface area (Å²) in [6.07, 6.45) is 0. The predicted molar refractivity (Wildman–Crippen MR) is 109 cm³/mol. The first kappa shape index (κ1) is 21.1. The highest BCUT2D eigenvalue weighted by Gasteiger charge is 2.20. The SMILES string of the molecule is CC(C)Cn1c(SCC(=O)NC(C)(C)C)nnc1-c1ccc(Cl)cc1Cl. The Hall–Kier alpha value is -1.24. The van der Waals surface area contributed by atoms with E-state index in [2.05, 4.69) is 29.4 Å². The van der Waals surface area contributed by atoms with Gasteiger partial charge in [-0.3, -0.25) is 4.79 Å². The van der Waals surface area contributed by atoms with Gasteiger partial charge in [-0.2, -0.15) is 0 Å². The number of aromatic nitrogens is 3. The van der Waals surface area contributed by atoms with E-state index in [1.54, 1.807) is 12.1 Å². The second-order valence-corrected chi connectivity index (χ2v) is 9.31. The fourth-order valence-corrected chi connectivity index (χ4v) is 3.62. The normalized spacial score (nSPS) is 11.8.